The maximum Gasteiger partial charge on any atom is 0.229 e. The minimum Gasteiger partial charge on any atom is -0.354 e. The van der Waals surface area contributed by atoms with E-state index in [2.05, 4.69) is 25.5 Å². The highest BCUT2D eigenvalue weighted by Crippen LogP contribution is 2.28. The molecule has 3 aromatic rings. The first kappa shape index (κ1) is 18.0. The molecule has 1 amide bonds. The number of piperidine rings is 1. The molecule has 27 heavy (non-hydrogen) atoms. The average Bonchev–Trinajstić information content (AvgIpc) is 3.05. The zero-order valence-electron chi connectivity index (χ0n) is 14.7. The van der Waals surface area contributed by atoms with Gasteiger partial charge in [-0.05, 0) is 50.1 Å². The van der Waals surface area contributed by atoms with Gasteiger partial charge >= 0.3 is 0 Å². The van der Waals surface area contributed by atoms with Crippen LogP contribution in [-0.2, 0) is 4.79 Å². The van der Waals surface area contributed by atoms with Gasteiger partial charge in [-0.15, -0.1) is 15.3 Å². The maximum absolute atomic E-state index is 12.7. The van der Waals surface area contributed by atoms with Crippen molar-refractivity contribution in [2.24, 2.45) is 5.92 Å². The number of hydrogen-bond donors (Lipinski definition) is 1. The van der Waals surface area contributed by atoms with Crippen LogP contribution in [0.15, 0.2) is 30.3 Å². The van der Waals surface area contributed by atoms with Crippen molar-refractivity contribution in [1.82, 2.24) is 19.8 Å². The molecule has 9 heteroatoms. The Bertz CT molecular complexity index is 1000. The first-order valence-electron chi connectivity index (χ1n) is 8.71. The number of carbonyl (C=O) groups excluding carboxylic acids is 1. The average molecular weight is 405 g/mol. The van der Waals surface area contributed by atoms with E-state index < -0.39 is 0 Å². The van der Waals surface area contributed by atoms with Gasteiger partial charge in [0.25, 0.3) is 0 Å². The fraction of sp³-hybridized carbons (Fsp3) is 0.333. The Kier molecular flexibility index (Phi) is 4.88. The Labute approximate surface area is 166 Å². The quantitative estimate of drug-likeness (QED) is 0.721. The summed E-state index contributed by atoms with van der Waals surface area (Å²) in [5, 5.41) is 16.6. The van der Waals surface area contributed by atoms with E-state index in [-0.39, 0.29) is 11.8 Å². The van der Waals surface area contributed by atoms with Crippen molar-refractivity contribution < 1.29 is 4.79 Å². The number of nitrogens with one attached hydrogen (secondary N) is 1. The topological polar surface area (TPSA) is 75.4 Å². The molecule has 1 saturated heterocycles. The summed E-state index contributed by atoms with van der Waals surface area (Å²) in [5.41, 5.74) is 1.24. The predicted molar refractivity (Wildman–Crippen MR) is 106 cm³/mol. The second-order valence-corrected chi connectivity index (χ2v) is 7.45. The Balaban J connectivity index is 1.50. The Hall–Kier alpha value is -2.38. The highest BCUT2D eigenvalue weighted by Gasteiger charge is 2.27. The van der Waals surface area contributed by atoms with Crippen LogP contribution in [0.2, 0.25) is 10.0 Å². The van der Waals surface area contributed by atoms with Crippen molar-refractivity contribution in [3.63, 3.8) is 0 Å². The standard InChI is InChI=1S/C18H18Cl2N6O/c1-11-22-23-16-6-7-17(24-26(11)16)25-8-2-3-12(10-25)18(27)21-15-9-13(19)4-5-14(15)20/h4-7,9,12H,2-3,8,10H2,1H3,(H,21,27)/t12-/m1/s1. The van der Waals surface area contributed by atoms with E-state index in [1.165, 1.54) is 0 Å². The zero-order chi connectivity index (χ0) is 19.0. The lowest BCUT2D eigenvalue weighted by Crippen LogP contribution is -2.41. The lowest BCUT2D eigenvalue weighted by Gasteiger charge is -2.32. The molecule has 0 aliphatic carbocycles. The largest absolute Gasteiger partial charge is 0.354 e. The number of aryl methyl sites for hydroxylation is 1. The van der Waals surface area contributed by atoms with Crippen molar-refractivity contribution in [3.05, 3.63) is 46.2 Å². The third-order valence-electron chi connectivity index (χ3n) is 4.71. The second-order valence-electron chi connectivity index (χ2n) is 6.61. The summed E-state index contributed by atoms with van der Waals surface area (Å²) in [6.07, 6.45) is 1.72. The number of halogens is 2. The molecule has 1 atom stereocenters. The van der Waals surface area contributed by atoms with Gasteiger partial charge in [0.1, 0.15) is 5.82 Å². The molecule has 0 spiro atoms. The summed E-state index contributed by atoms with van der Waals surface area (Å²) >= 11 is 12.2. The number of anilines is 2. The molecule has 0 unspecified atom stereocenters. The molecule has 7 nitrogen and oxygen atoms in total. The molecule has 0 radical (unpaired) electrons. The summed E-state index contributed by atoms with van der Waals surface area (Å²) < 4.78 is 1.71. The molecule has 4 rings (SSSR count). The molecule has 1 aliphatic rings. The highest BCUT2D eigenvalue weighted by molar-refractivity contribution is 6.35. The number of amides is 1. The third kappa shape index (κ3) is 3.70. The number of carbonyl (C=O) groups is 1. The molecule has 140 valence electrons. The first-order chi connectivity index (χ1) is 13.0. The molecule has 0 saturated carbocycles. The lowest BCUT2D eigenvalue weighted by molar-refractivity contribution is -0.120. The number of nitrogens with zero attached hydrogens (tertiary/aromatic N) is 5. The smallest absolute Gasteiger partial charge is 0.229 e. The Morgan fingerprint density at radius 1 is 1.22 bits per heavy atom. The van der Waals surface area contributed by atoms with Gasteiger partial charge in [-0.25, -0.2) is 0 Å². The van der Waals surface area contributed by atoms with E-state index in [0.717, 1.165) is 31.0 Å². The van der Waals surface area contributed by atoms with E-state index in [0.29, 0.717) is 27.9 Å². The predicted octanol–water partition coefficient (Wildman–Crippen LogP) is 3.59. The Morgan fingerprint density at radius 2 is 2.07 bits per heavy atom. The van der Waals surface area contributed by atoms with Crippen LogP contribution in [0.25, 0.3) is 5.65 Å². The van der Waals surface area contributed by atoms with E-state index in [1.54, 1.807) is 22.7 Å². The van der Waals surface area contributed by atoms with Crippen LogP contribution in [0.4, 0.5) is 11.5 Å². The van der Waals surface area contributed by atoms with E-state index in [1.807, 2.05) is 19.1 Å². The van der Waals surface area contributed by atoms with Crippen molar-refractivity contribution >= 4 is 46.3 Å². The number of fused-ring (bicyclic) bond motifs is 1. The number of benzene rings is 1. The van der Waals surface area contributed by atoms with Gasteiger partial charge in [-0.2, -0.15) is 4.52 Å². The minimum absolute atomic E-state index is 0.0644. The van der Waals surface area contributed by atoms with Gasteiger partial charge in [-0.3, -0.25) is 4.79 Å². The molecule has 0 bridgehead atoms. The van der Waals surface area contributed by atoms with E-state index >= 15 is 0 Å². The van der Waals surface area contributed by atoms with Crippen LogP contribution < -0.4 is 10.2 Å². The van der Waals surface area contributed by atoms with Crippen molar-refractivity contribution in [2.45, 2.75) is 19.8 Å². The summed E-state index contributed by atoms with van der Waals surface area (Å²) in [7, 11) is 0. The van der Waals surface area contributed by atoms with Crippen molar-refractivity contribution in [1.29, 1.82) is 0 Å². The summed E-state index contributed by atoms with van der Waals surface area (Å²) in [4.78, 5) is 14.9. The Morgan fingerprint density at radius 3 is 2.93 bits per heavy atom. The van der Waals surface area contributed by atoms with Crippen molar-refractivity contribution in [3.8, 4) is 0 Å². The minimum atomic E-state index is -0.159. The van der Waals surface area contributed by atoms with Crippen LogP contribution in [0.5, 0.6) is 0 Å². The fourth-order valence-electron chi connectivity index (χ4n) is 3.28. The molecule has 1 aliphatic heterocycles. The number of hydrogen-bond acceptors (Lipinski definition) is 5. The van der Waals surface area contributed by atoms with Gasteiger partial charge in [0.15, 0.2) is 11.5 Å². The SMILES string of the molecule is Cc1nnc2ccc(N3CCC[C@@H](C(=O)Nc4cc(Cl)ccc4Cl)C3)nn12. The second kappa shape index (κ2) is 7.32. The zero-order valence-corrected chi connectivity index (χ0v) is 16.2. The maximum atomic E-state index is 12.7. The van der Waals surface area contributed by atoms with E-state index in [9.17, 15) is 4.79 Å². The van der Waals surface area contributed by atoms with Gasteiger partial charge in [0.2, 0.25) is 5.91 Å². The van der Waals surface area contributed by atoms with Crippen LogP contribution in [0.3, 0.4) is 0 Å². The number of aromatic nitrogens is 4. The van der Waals surface area contributed by atoms with Gasteiger partial charge < -0.3 is 10.2 Å². The molecular formula is C18H18Cl2N6O. The molecule has 1 fully saturated rings. The monoisotopic (exact) mass is 404 g/mol. The molecular weight excluding hydrogens is 387 g/mol. The first-order valence-corrected chi connectivity index (χ1v) is 9.47. The number of rotatable bonds is 3. The summed E-state index contributed by atoms with van der Waals surface area (Å²) in [6.45, 7) is 3.29. The summed E-state index contributed by atoms with van der Waals surface area (Å²) in [6, 6.07) is 8.83. The van der Waals surface area contributed by atoms with E-state index in [4.69, 9.17) is 23.2 Å². The molecule has 2 aromatic heterocycles. The molecule has 1 N–H and O–H groups in total. The van der Waals surface area contributed by atoms with Crippen LogP contribution >= 0.6 is 23.2 Å². The van der Waals surface area contributed by atoms with Crippen LogP contribution in [0, 0.1) is 12.8 Å². The summed E-state index contributed by atoms with van der Waals surface area (Å²) in [5.74, 6) is 1.32. The van der Waals surface area contributed by atoms with Gasteiger partial charge in [0.05, 0.1) is 16.6 Å². The van der Waals surface area contributed by atoms with Gasteiger partial charge in [0, 0.05) is 18.1 Å². The lowest BCUT2D eigenvalue weighted by atomic mass is 9.97. The van der Waals surface area contributed by atoms with Crippen LogP contribution in [-0.4, -0.2) is 38.8 Å². The third-order valence-corrected chi connectivity index (χ3v) is 5.27. The highest BCUT2D eigenvalue weighted by atomic mass is 35.5. The molecule has 3 heterocycles. The molecule has 1 aromatic carbocycles. The van der Waals surface area contributed by atoms with Gasteiger partial charge in [-0.1, -0.05) is 23.2 Å². The normalized spacial score (nSPS) is 17.3. The van der Waals surface area contributed by atoms with Crippen LogP contribution in [0.1, 0.15) is 18.7 Å². The van der Waals surface area contributed by atoms with Crippen molar-refractivity contribution in [2.75, 3.05) is 23.3 Å². The fourth-order valence-corrected chi connectivity index (χ4v) is 3.62.